The minimum absolute atomic E-state index is 0.0179. The Morgan fingerprint density at radius 3 is 2.47 bits per heavy atom. The average Bonchev–Trinajstić information content (AvgIpc) is 2.75. The largest absolute Gasteiger partial charge is 0.290 e. The molecule has 1 unspecified atom stereocenters. The Hall–Kier alpha value is -2.55. The van der Waals surface area contributed by atoms with E-state index in [1.807, 2.05) is 0 Å². The molecule has 1 aromatic carbocycles. The van der Waals surface area contributed by atoms with Crippen LogP contribution in [-0.4, -0.2) is 15.6 Å². The van der Waals surface area contributed by atoms with Gasteiger partial charge in [-0.2, -0.15) is 10.4 Å². The van der Waals surface area contributed by atoms with Crippen LogP contribution in [0.4, 0.5) is 8.78 Å². The lowest BCUT2D eigenvalue weighted by atomic mass is 9.94. The van der Waals surface area contributed by atoms with Gasteiger partial charge in [0.25, 0.3) is 0 Å². The lowest BCUT2D eigenvalue weighted by Gasteiger charge is -2.07. The molecular formula is C13H9F2N3O. The summed E-state index contributed by atoms with van der Waals surface area (Å²) in [6, 6.07) is 5.82. The minimum Gasteiger partial charge on any atom is -0.290 e. The molecule has 0 bridgehead atoms. The smallest absolute Gasteiger partial charge is 0.204 e. The van der Waals surface area contributed by atoms with Crippen molar-refractivity contribution < 1.29 is 13.6 Å². The van der Waals surface area contributed by atoms with Gasteiger partial charge in [-0.15, -0.1) is 0 Å². The van der Waals surface area contributed by atoms with Crippen molar-refractivity contribution in [2.75, 3.05) is 0 Å². The molecule has 0 spiro atoms. The summed E-state index contributed by atoms with van der Waals surface area (Å²) < 4.78 is 27.6. The second kappa shape index (κ2) is 4.98. The first-order valence-electron chi connectivity index (χ1n) is 5.40. The molecule has 1 atom stereocenters. The molecule has 0 aliphatic rings. The molecule has 1 heterocycles. The molecule has 2 rings (SSSR count). The highest BCUT2D eigenvalue weighted by Gasteiger charge is 2.24. The van der Waals surface area contributed by atoms with Crippen LogP contribution in [0.3, 0.4) is 0 Å². The lowest BCUT2D eigenvalue weighted by Crippen LogP contribution is -2.13. The Labute approximate surface area is 107 Å². The van der Waals surface area contributed by atoms with E-state index in [0.717, 1.165) is 12.1 Å². The molecule has 0 aliphatic carbocycles. The van der Waals surface area contributed by atoms with E-state index < -0.39 is 23.3 Å². The van der Waals surface area contributed by atoms with Crippen molar-refractivity contribution in [2.45, 2.75) is 5.92 Å². The Balaban J connectivity index is 2.40. The second-order valence-corrected chi connectivity index (χ2v) is 4.00. The van der Waals surface area contributed by atoms with Crippen LogP contribution < -0.4 is 0 Å². The zero-order valence-electron chi connectivity index (χ0n) is 9.97. The number of Topliss-reactive ketones (excluding diaryl/α,β-unsaturated/α-hetero) is 1. The fourth-order valence-corrected chi connectivity index (χ4v) is 1.72. The van der Waals surface area contributed by atoms with E-state index >= 15 is 0 Å². The first kappa shape index (κ1) is 12.9. The number of aryl methyl sites for hydroxylation is 1. The van der Waals surface area contributed by atoms with Gasteiger partial charge in [0.05, 0.1) is 6.07 Å². The Bertz CT molecular complexity index is 653. The number of benzene rings is 1. The predicted molar refractivity (Wildman–Crippen MR) is 62.3 cm³/mol. The second-order valence-electron chi connectivity index (χ2n) is 4.00. The summed E-state index contributed by atoms with van der Waals surface area (Å²) in [5.74, 6) is -3.53. The summed E-state index contributed by atoms with van der Waals surface area (Å²) in [5, 5.41) is 12.9. The molecular weight excluding hydrogens is 252 g/mol. The fraction of sp³-hybridized carbons (Fsp3) is 0.154. The molecule has 0 N–H and O–H groups in total. The van der Waals surface area contributed by atoms with Gasteiger partial charge in [0.15, 0.2) is 0 Å². The molecule has 0 aliphatic heterocycles. The summed E-state index contributed by atoms with van der Waals surface area (Å²) >= 11 is 0. The van der Waals surface area contributed by atoms with Gasteiger partial charge in [-0.25, -0.2) is 8.78 Å². The quantitative estimate of drug-likeness (QED) is 0.796. The number of aromatic nitrogens is 2. The van der Waals surface area contributed by atoms with Gasteiger partial charge < -0.3 is 0 Å². The van der Waals surface area contributed by atoms with Crippen molar-refractivity contribution in [1.82, 2.24) is 9.78 Å². The van der Waals surface area contributed by atoms with Crippen molar-refractivity contribution in [3.05, 3.63) is 53.4 Å². The van der Waals surface area contributed by atoms with Crippen LogP contribution in [0.2, 0.25) is 0 Å². The third kappa shape index (κ3) is 2.65. The first-order chi connectivity index (χ1) is 9.01. The molecule has 0 saturated carbocycles. The number of halogens is 2. The molecule has 0 fully saturated rings. The van der Waals surface area contributed by atoms with E-state index in [1.165, 1.54) is 10.7 Å². The van der Waals surface area contributed by atoms with Crippen LogP contribution in [0, 0.1) is 23.0 Å². The van der Waals surface area contributed by atoms with E-state index in [1.54, 1.807) is 19.3 Å². The first-order valence-corrected chi connectivity index (χ1v) is 5.40. The summed E-state index contributed by atoms with van der Waals surface area (Å²) in [5.41, 5.74) is 0.0642. The highest BCUT2D eigenvalue weighted by atomic mass is 19.1. The van der Waals surface area contributed by atoms with Crippen LogP contribution in [0.15, 0.2) is 30.5 Å². The summed E-state index contributed by atoms with van der Waals surface area (Å²) in [6.45, 7) is 0. The summed E-state index contributed by atoms with van der Waals surface area (Å²) in [7, 11) is 1.63. The maximum absolute atomic E-state index is 13.1. The van der Waals surface area contributed by atoms with Gasteiger partial charge in [-0.3, -0.25) is 9.48 Å². The third-order valence-electron chi connectivity index (χ3n) is 2.58. The number of nitriles is 1. The zero-order valence-corrected chi connectivity index (χ0v) is 9.97. The van der Waals surface area contributed by atoms with Crippen molar-refractivity contribution >= 4 is 5.78 Å². The van der Waals surface area contributed by atoms with Gasteiger partial charge in [0.1, 0.15) is 23.2 Å². The van der Waals surface area contributed by atoms with Crippen molar-refractivity contribution in [3.63, 3.8) is 0 Å². The molecule has 0 radical (unpaired) electrons. The van der Waals surface area contributed by atoms with Crippen molar-refractivity contribution in [1.29, 1.82) is 5.26 Å². The minimum atomic E-state index is -1.28. The van der Waals surface area contributed by atoms with Crippen molar-refractivity contribution in [3.8, 4) is 6.07 Å². The van der Waals surface area contributed by atoms with Gasteiger partial charge in [-0.05, 0) is 23.8 Å². The SMILES string of the molecule is Cn1ccc(C(=O)C(C#N)c2cc(F)cc(F)c2)n1. The number of carbonyl (C=O) groups is 1. The molecule has 4 nitrogen and oxygen atoms in total. The number of hydrogen-bond donors (Lipinski definition) is 0. The Morgan fingerprint density at radius 1 is 1.37 bits per heavy atom. The molecule has 1 aromatic heterocycles. The monoisotopic (exact) mass is 261 g/mol. The maximum Gasteiger partial charge on any atom is 0.204 e. The normalized spacial score (nSPS) is 11.9. The molecule has 0 amide bonds. The van der Waals surface area contributed by atoms with Crippen LogP contribution in [0.25, 0.3) is 0 Å². The molecule has 2 aromatic rings. The molecule has 0 saturated heterocycles. The van der Waals surface area contributed by atoms with Gasteiger partial charge in [0, 0.05) is 19.3 Å². The Kier molecular flexibility index (Phi) is 3.38. The lowest BCUT2D eigenvalue weighted by molar-refractivity contribution is 0.0973. The molecule has 6 heteroatoms. The van der Waals surface area contributed by atoms with Crippen LogP contribution in [0.5, 0.6) is 0 Å². The summed E-state index contributed by atoms with van der Waals surface area (Å²) in [4.78, 5) is 12.1. The highest BCUT2D eigenvalue weighted by Crippen LogP contribution is 2.21. The zero-order chi connectivity index (χ0) is 14.0. The van der Waals surface area contributed by atoms with Gasteiger partial charge >= 0.3 is 0 Å². The van der Waals surface area contributed by atoms with Gasteiger partial charge in [-0.1, -0.05) is 0 Å². The van der Waals surface area contributed by atoms with Gasteiger partial charge in [0.2, 0.25) is 5.78 Å². The maximum atomic E-state index is 13.1. The van der Waals surface area contributed by atoms with E-state index in [0.29, 0.717) is 6.07 Å². The van der Waals surface area contributed by atoms with E-state index in [9.17, 15) is 13.6 Å². The fourth-order valence-electron chi connectivity index (χ4n) is 1.72. The number of nitrogens with zero attached hydrogens (tertiary/aromatic N) is 3. The third-order valence-corrected chi connectivity index (χ3v) is 2.58. The van der Waals surface area contributed by atoms with Crippen LogP contribution in [0.1, 0.15) is 22.0 Å². The topological polar surface area (TPSA) is 58.7 Å². The summed E-state index contributed by atoms with van der Waals surface area (Å²) in [6.07, 6.45) is 1.55. The standard InChI is InChI=1S/C13H9F2N3O/c1-18-3-2-12(17-18)13(19)11(7-16)8-4-9(14)6-10(15)5-8/h2-6,11H,1H3. The number of ketones is 1. The molecule has 19 heavy (non-hydrogen) atoms. The Morgan fingerprint density at radius 2 is 2.00 bits per heavy atom. The number of hydrogen-bond acceptors (Lipinski definition) is 3. The van der Waals surface area contributed by atoms with Crippen LogP contribution in [-0.2, 0) is 7.05 Å². The average molecular weight is 261 g/mol. The number of rotatable bonds is 3. The van der Waals surface area contributed by atoms with Crippen LogP contribution >= 0.6 is 0 Å². The number of carbonyl (C=O) groups excluding carboxylic acids is 1. The molecule has 96 valence electrons. The van der Waals surface area contributed by atoms with Crippen molar-refractivity contribution in [2.24, 2.45) is 7.05 Å². The van der Waals surface area contributed by atoms with E-state index in [-0.39, 0.29) is 11.3 Å². The predicted octanol–water partition coefficient (Wildman–Crippen LogP) is 2.19. The van der Waals surface area contributed by atoms with E-state index in [4.69, 9.17) is 5.26 Å². The van der Waals surface area contributed by atoms with E-state index in [2.05, 4.69) is 5.10 Å². The highest BCUT2D eigenvalue weighted by molar-refractivity contribution is 6.01.